The van der Waals surface area contributed by atoms with E-state index in [-0.39, 0.29) is 0 Å². The highest BCUT2D eigenvalue weighted by molar-refractivity contribution is 7.15. The van der Waals surface area contributed by atoms with Crippen molar-refractivity contribution in [2.45, 2.75) is 52.5 Å². The summed E-state index contributed by atoms with van der Waals surface area (Å²) in [5.74, 6) is 0.951. The number of aromatic nitrogens is 1. The third-order valence-electron chi connectivity index (χ3n) is 3.85. The molecule has 1 aliphatic heterocycles. The molecular formula is C15H27N3S. The summed E-state index contributed by atoms with van der Waals surface area (Å²) in [5.41, 5.74) is 0. The van der Waals surface area contributed by atoms with Gasteiger partial charge in [-0.2, -0.15) is 0 Å². The molecule has 0 aromatic carbocycles. The molecule has 2 rings (SSSR count). The van der Waals surface area contributed by atoms with E-state index in [1.165, 1.54) is 55.2 Å². The number of hydrogen-bond donors (Lipinski definition) is 1. The lowest BCUT2D eigenvalue weighted by atomic mass is 9.93. The molecule has 1 fully saturated rings. The first-order valence-electron chi connectivity index (χ1n) is 7.73. The van der Waals surface area contributed by atoms with Crippen LogP contribution in [0.15, 0.2) is 6.20 Å². The van der Waals surface area contributed by atoms with E-state index in [4.69, 9.17) is 0 Å². The van der Waals surface area contributed by atoms with E-state index in [0.29, 0.717) is 0 Å². The number of nitrogens with one attached hydrogen (secondary N) is 1. The van der Waals surface area contributed by atoms with Crippen LogP contribution in [0, 0.1) is 5.92 Å². The van der Waals surface area contributed by atoms with Crippen LogP contribution >= 0.6 is 11.3 Å². The Balaban J connectivity index is 1.79. The maximum Gasteiger partial charge on any atom is 0.185 e. The minimum absolute atomic E-state index is 0.951. The zero-order chi connectivity index (χ0) is 13.5. The van der Waals surface area contributed by atoms with E-state index < -0.39 is 0 Å². The third kappa shape index (κ3) is 4.46. The van der Waals surface area contributed by atoms with Crippen LogP contribution in [0.25, 0.3) is 0 Å². The molecule has 0 unspecified atom stereocenters. The van der Waals surface area contributed by atoms with Crippen LogP contribution in [0.1, 0.15) is 50.8 Å². The Morgan fingerprint density at radius 3 is 2.79 bits per heavy atom. The lowest BCUT2D eigenvalue weighted by Gasteiger charge is -2.31. The van der Waals surface area contributed by atoms with Crippen LogP contribution < -0.4 is 10.2 Å². The molecule has 1 aliphatic rings. The number of anilines is 1. The average Bonchev–Trinajstić information content (AvgIpc) is 2.89. The van der Waals surface area contributed by atoms with Gasteiger partial charge in [0.05, 0.1) is 0 Å². The molecule has 0 atom stereocenters. The van der Waals surface area contributed by atoms with Crippen molar-refractivity contribution >= 4 is 16.5 Å². The summed E-state index contributed by atoms with van der Waals surface area (Å²) in [5, 5.41) is 4.67. The summed E-state index contributed by atoms with van der Waals surface area (Å²) in [6, 6.07) is 0. The van der Waals surface area contributed by atoms with Crippen LogP contribution in [0.3, 0.4) is 0 Å². The fourth-order valence-electron chi connectivity index (χ4n) is 2.73. The quantitative estimate of drug-likeness (QED) is 0.773. The lowest BCUT2D eigenvalue weighted by molar-refractivity contribution is 0.378. The summed E-state index contributed by atoms with van der Waals surface area (Å²) in [6.45, 7) is 8.95. The predicted molar refractivity (Wildman–Crippen MR) is 84.0 cm³/mol. The van der Waals surface area contributed by atoms with Gasteiger partial charge in [-0.3, -0.25) is 0 Å². The maximum absolute atomic E-state index is 4.59. The van der Waals surface area contributed by atoms with Gasteiger partial charge in [0, 0.05) is 30.7 Å². The van der Waals surface area contributed by atoms with Crippen molar-refractivity contribution in [2.75, 3.05) is 24.5 Å². The first-order chi connectivity index (χ1) is 9.33. The molecule has 3 nitrogen and oxygen atoms in total. The summed E-state index contributed by atoms with van der Waals surface area (Å²) in [6.07, 6.45) is 8.65. The Bertz CT molecular complexity index is 356. The Morgan fingerprint density at radius 2 is 2.11 bits per heavy atom. The largest absolute Gasteiger partial charge is 0.348 e. The zero-order valence-electron chi connectivity index (χ0n) is 12.3. The fraction of sp³-hybridized carbons (Fsp3) is 0.800. The molecule has 0 saturated carbocycles. The van der Waals surface area contributed by atoms with Crippen molar-refractivity contribution in [2.24, 2.45) is 5.92 Å². The molecule has 1 saturated heterocycles. The average molecular weight is 281 g/mol. The van der Waals surface area contributed by atoms with E-state index >= 15 is 0 Å². The van der Waals surface area contributed by atoms with Crippen molar-refractivity contribution in [3.63, 3.8) is 0 Å². The van der Waals surface area contributed by atoms with Crippen LogP contribution in [-0.4, -0.2) is 24.6 Å². The summed E-state index contributed by atoms with van der Waals surface area (Å²) in [7, 11) is 0. The zero-order valence-corrected chi connectivity index (χ0v) is 13.1. The molecule has 19 heavy (non-hydrogen) atoms. The standard InChI is InChI=1S/C15H27N3S/c1-3-5-13-6-9-18(10-7-13)15-17-12-14(19-15)11-16-8-4-2/h12-13,16H,3-11H2,1-2H3. The van der Waals surface area contributed by atoms with E-state index in [1.54, 1.807) is 0 Å². The molecule has 108 valence electrons. The second-order valence-electron chi connectivity index (χ2n) is 5.51. The summed E-state index contributed by atoms with van der Waals surface area (Å²) >= 11 is 1.86. The van der Waals surface area contributed by atoms with Gasteiger partial charge in [-0.15, -0.1) is 11.3 Å². The molecule has 0 spiro atoms. The lowest BCUT2D eigenvalue weighted by Crippen LogP contribution is -2.33. The van der Waals surface area contributed by atoms with E-state index in [0.717, 1.165) is 19.0 Å². The molecule has 2 heterocycles. The molecule has 1 aromatic heterocycles. The topological polar surface area (TPSA) is 28.2 Å². The Kier molecular flexibility index (Phi) is 6.11. The molecule has 1 N–H and O–H groups in total. The number of piperidine rings is 1. The minimum Gasteiger partial charge on any atom is -0.348 e. The van der Waals surface area contributed by atoms with Crippen molar-refractivity contribution in [3.05, 3.63) is 11.1 Å². The van der Waals surface area contributed by atoms with Crippen molar-refractivity contribution < 1.29 is 0 Å². The van der Waals surface area contributed by atoms with Gasteiger partial charge in [0.25, 0.3) is 0 Å². The highest BCUT2D eigenvalue weighted by Gasteiger charge is 2.20. The maximum atomic E-state index is 4.59. The van der Waals surface area contributed by atoms with Crippen LogP contribution in [0.4, 0.5) is 5.13 Å². The molecule has 0 bridgehead atoms. The van der Waals surface area contributed by atoms with Gasteiger partial charge < -0.3 is 10.2 Å². The number of nitrogens with zero attached hydrogens (tertiary/aromatic N) is 2. The van der Waals surface area contributed by atoms with E-state index in [2.05, 4.69) is 29.0 Å². The first kappa shape index (κ1) is 14.8. The van der Waals surface area contributed by atoms with Crippen molar-refractivity contribution in [1.29, 1.82) is 0 Å². The summed E-state index contributed by atoms with van der Waals surface area (Å²) in [4.78, 5) is 8.43. The van der Waals surface area contributed by atoms with E-state index in [1.807, 2.05) is 17.5 Å². The monoisotopic (exact) mass is 281 g/mol. The summed E-state index contributed by atoms with van der Waals surface area (Å²) < 4.78 is 0. The second-order valence-corrected chi connectivity index (χ2v) is 6.60. The third-order valence-corrected chi connectivity index (χ3v) is 4.91. The first-order valence-corrected chi connectivity index (χ1v) is 8.55. The van der Waals surface area contributed by atoms with Gasteiger partial charge in [0.15, 0.2) is 5.13 Å². The van der Waals surface area contributed by atoms with Gasteiger partial charge in [0.2, 0.25) is 0 Å². The Hall–Kier alpha value is -0.610. The molecule has 0 aliphatic carbocycles. The Morgan fingerprint density at radius 1 is 1.32 bits per heavy atom. The SMILES string of the molecule is CCCNCc1cnc(N2CCC(CCC)CC2)s1. The second kappa shape index (κ2) is 7.85. The highest BCUT2D eigenvalue weighted by Crippen LogP contribution is 2.28. The molecule has 0 amide bonds. The van der Waals surface area contributed by atoms with Gasteiger partial charge >= 0.3 is 0 Å². The van der Waals surface area contributed by atoms with Gasteiger partial charge in [-0.05, 0) is 31.7 Å². The van der Waals surface area contributed by atoms with Gasteiger partial charge in [-0.1, -0.05) is 26.7 Å². The predicted octanol–water partition coefficient (Wildman–Crippen LogP) is 3.66. The van der Waals surface area contributed by atoms with E-state index in [9.17, 15) is 0 Å². The molecule has 4 heteroatoms. The molecule has 0 radical (unpaired) electrons. The fourth-order valence-corrected chi connectivity index (χ4v) is 3.67. The van der Waals surface area contributed by atoms with Crippen molar-refractivity contribution in [1.82, 2.24) is 10.3 Å². The number of rotatable bonds is 7. The minimum atomic E-state index is 0.951. The number of hydrogen-bond acceptors (Lipinski definition) is 4. The smallest absolute Gasteiger partial charge is 0.185 e. The van der Waals surface area contributed by atoms with Crippen LogP contribution in [0.5, 0.6) is 0 Å². The normalized spacial score (nSPS) is 17.1. The molecular weight excluding hydrogens is 254 g/mol. The Labute approximate surface area is 121 Å². The van der Waals surface area contributed by atoms with Crippen LogP contribution in [0.2, 0.25) is 0 Å². The van der Waals surface area contributed by atoms with Crippen molar-refractivity contribution in [3.8, 4) is 0 Å². The highest BCUT2D eigenvalue weighted by atomic mass is 32.1. The van der Waals surface area contributed by atoms with Gasteiger partial charge in [-0.25, -0.2) is 4.98 Å². The van der Waals surface area contributed by atoms with Crippen LogP contribution in [-0.2, 0) is 6.54 Å². The number of thiazole rings is 1. The molecule has 1 aromatic rings. The van der Waals surface area contributed by atoms with Gasteiger partial charge in [0.1, 0.15) is 0 Å².